The van der Waals surface area contributed by atoms with Crippen LogP contribution >= 0.6 is 11.1 Å². The highest BCUT2D eigenvalue weighted by atomic mass is 35.6. The van der Waals surface area contributed by atoms with E-state index in [0.29, 0.717) is 0 Å². The molecule has 0 aliphatic carbocycles. The van der Waals surface area contributed by atoms with Crippen LogP contribution in [0.2, 0.25) is 26.2 Å². The van der Waals surface area contributed by atoms with E-state index in [0.717, 1.165) is 0 Å². The second-order valence-electron chi connectivity index (χ2n) is 4.75. The molecule has 0 aliphatic rings. The Morgan fingerprint density at radius 2 is 1.40 bits per heavy atom. The first-order valence-corrected chi connectivity index (χ1v) is 16.5. The van der Waals surface area contributed by atoms with Crippen molar-refractivity contribution in [3.05, 3.63) is 49.1 Å². The molecular formula is C12H24ClO3Si4. The smallest absolute Gasteiger partial charge is 0.343 e. The molecule has 20 heavy (non-hydrogen) atoms. The molecule has 0 amide bonds. The van der Waals surface area contributed by atoms with Crippen molar-refractivity contribution in [3.63, 3.8) is 0 Å². The summed E-state index contributed by atoms with van der Waals surface area (Å²) >= 11 is 6.33. The first kappa shape index (κ1) is 20.0. The zero-order chi connectivity index (χ0) is 16.0. The molecule has 0 N–H and O–H groups in total. The average Bonchev–Trinajstić information content (AvgIpc) is 2.37. The van der Waals surface area contributed by atoms with E-state index < -0.39 is 33.8 Å². The lowest BCUT2D eigenvalue weighted by atomic mass is 11.3. The molecule has 0 aromatic rings. The fourth-order valence-electron chi connectivity index (χ4n) is 1.41. The largest absolute Gasteiger partial charge is 0.430 e. The first-order valence-electron chi connectivity index (χ1n) is 6.20. The van der Waals surface area contributed by atoms with Crippen molar-refractivity contribution in [3.8, 4) is 0 Å². The first-order chi connectivity index (χ1) is 9.05. The summed E-state index contributed by atoms with van der Waals surface area (Å²) in [5.41, 5.74) is 6.96. The zero-order valence-corrected chi connectivity index (χ0v) is 17.5. The maximum Gasteiger partial charge on any atom is 0.343 e. The van der Waals surface area contributed by atoms with Crippen LogP contribution < -0.4 is 0 Å². The molecule has 113 valence electrons. The molecule has 0 saturated heterocycles. The van der Waals surface area contributed by atoms with E-state index in [9.17, 15) is 0 Å². The van der Waals surface area contributed by atoms with Gasteiger partial charge in [-0.15, -0.1) is 37.4 Å². The van der Waals surface area contributed by atoms with Crippen LogP contribution in [-0.4, -0.2) is 33.8 Å². The quantitative estimate of drug-likeness (QED) is 0.433. The highest BCUT2D eigenvalue weighted by molar-refractivity contribution is 7.21. The van der Waals surface area contributed by atoms with Crippen molar-refractivity contribution in [1.29, 1.82) is 0 Å². The van der Waals surface area contributed by atoms with Gasteiger partial charge in [-0.2, -0.15) is 0 Å². The number of halogens is 1. The third-order valence-electron chi connectivity index (χ3n) is 2.56. The van der Waals surface area contributed by atoms with E-state index >= 15 is 0 Å². The summed E-state index contributed by atoms with van der Waals surface area (Å²) in [6.45, 7) is 22.9. The van der Waals surface area contributed by atoms with Crippen LogP contribution in [0.5, 0.6) is 0 Å². The molecule has 3 atom stereocenters. The summed E-state index contributed by atoms with van der Waals surface area (Å²) in [5, 5.41) is 0. The second-order valence-corrected chi connectivity index (χ2v) is 18.3. The van der Waals surface area contributed by atoms with Gasteiger partial charge >= 0.3 is 24.7 Å². The summed E-state index contributed by atoms with van der Waals surface area (Å²) in [6.07, 6.45) is 0. The third kappa shape index (κ3) is 6.63. The van der Waals surface area contributed by atoms with Gasteiger partial charge in [0.05, 0.1) is 0 Å². The van der Waals surface area contributed by atoms with Crippen molar-refractivity contribution < 1.29 is 12.3 Å². The molecule has 0 bridgehead atoms. The fourth-order valence-corrected chi connectivity index (χ4v) is 14.8. The third-order valence-corrected chi connectivity index (χ3v) is 15.9. The predicted molar refractivity (Wildman–Crippen MR) is 96.4 cm³/mol. The molecule has 3 unspecified atom stereocenters. The Balaban J connectivity index is 5.15. The van der Waals surface area contributed by atoms with Crippen LogP contribution in [-0.2, 0) is 12.3 Å². The van der Waals surface area contributed by atoms with Gasteiger partial charge in [-0.25, -0.2) is 0 Å². The monoisotopic (exact) mass is 363 g/mol. The summed E-state index contributed by atoms with van der Waals surface area (Å²) in [6, 6.07) is 0. The number of hydrogen-bond acceptors (Lipinski definition) is 3. The van der Waals surface area contributed by atoms with Crippen molar-refractivity contribution in [1.82, 2.24) is 0 Å². The Labute approximate surface area is 132 Å². The van der Waals surface area contributed by atoms with E-state index in [-0.39, 0.29) is 0 Å². The lowest BCUT2D eigenvalue weighted by molar-refractivity contribution is 0.350. The Morgan fingerprint density at radius 1 is 0.900 bits per heavy atom. The van der Waals surface area contributed by atoms with Crippen LogP contribution in [0.4, 0.5) is 0 Å². The van der Waals surface area contributed by atoms with Crippen LogP contribution in [0.15, 0.2) is 49.1 Å². The summed E-state index contributed by atoms with van der Waals surface area (Å²) in [5.74, 6) is 0. The van der Waals surface area contributed by atoms with Crippen molar-refractivity contribution in [2.45, 2.75) is 26.2 Å². The molecule has 1 radical (unpaired) electrons. The van der Waals surface area contributed by atoms with E-state index in [1.165, 1.54) is 0 Å². The molecule has 0 aromatic heterocycles. The Bertz CT molecular complexity index is 391. The minimum Gasteiger partial charge on any atom is -0.430 e. The molecule has 3 nitrogen and oxygen atoms in total. The topological polar surface area (TPSA) is 27.7 Å². The standard InChI is InChI=1S/C12H24ClO3Si4/c1-9-17(5)14-19(7,11-3)16-20(8,12-4)15-18(6,13)10-2/h9-12H,1-4H2,5-8H3. The predicted octanol–water partition coefficient (Wildman–Crippen LogP) is 4.01. The van der Waals surface area contributed by atoms with Crippen molar-refractivity contribution >= 4 is 44.9 Å². The SMILES string of the molecule is C=C[Si](C)O[Si](C)(C=C)O[Si](C)(C=C)O[Si](C)(Cl)C=C. The van der Waals surface area contributed by atoms with Gasteiger partial charge in [-0.3, -0.25) is 0 Å². The van der Waals surface area contributed by atoms with Crippen LogP contribution in [0.3, 0.4) is 0 Å². The van der Waals surface area contributed by atoms with Gasteiger partial charge in [0, 0.05) is 0 Å². The molecule has 8 heteroatoms. The Kier molecular flexibility index (Phi) is 7.85. The molecule has 0 spiro atoms. The molecule has 0 aromatic carbocycles. The van der Waals surface area contributed by atoms with Gasteiger partial charge in [-0.05, 0) is 26.2 Å². The number of hydrogen-bond donors (Lipinski definition) is 0. The maximum absolute atomic E-state index is 6.33. The van der Waals surface area contributed by atoms with Crippen LogP contribution in [0, 0.1) is 0 Å². The van der Waals surface area contributed by atoms with Crippen molar-refractivity contribution in [2.75, 3.05) is 0 Å². The van der Waals surface area contributed by atoms with Crippen molar-refractivity contribution in [2.24, 2.45) is 0 Å². The number of rotatable bonds is 10. The van der Waals surface area contributed by atoms with Gasteiger partial charge in [0.2, 0.25) is 9.04 Å². The van der Waals surface area contributed by atoms with Gasteiger partial charge in [0.25, 0.3) is 0 Å². The summed E-state index contributed by atoms with van der Waals surface area (Å²) in [7, 11) is -8.77. The van der Waals surface area contributed by atoms with Gasteiger partial charge < -0.3 is 12.3 Å². The van der Waals surface area contributed by atoms with E-state index in [1.54, 1.807) is 17.1 Å². The second kappa shape index (κ2) is 7.85. The fraction of sp³-hybridized carbons (Fsp3) is 0.333. The van der Waals surface area contributed by atoms with Gasteiger partial charge in [-0.1, -0.05) is 22.8 Å². The minimum absolute atomic E-state index is 1.11. The summed E-state index contributed by atoms with van der Waals surface area (Å²) < 4.78 is 18.2. The Hall–Kier alpha value is -0.00247. The summed E-state index contributed by atoms with van der Waals surface area (Å²) in [4.78, 5) is 0. The molecule has 0 heterocycles. The van der Waals surface area contributed by atoms with E-state index in [2.05, 4.69) is 26.3 Å². The molecule has 0 aliphatic heterocycles. The Morgan fingerprint density at radius 3 is 1.75 bits per heavy atom. The lowest BCUT2D eigenvalue weighted by Crippen LogP contribution is -2.55. The van der Waals surface area contributed by atoms with E-state index in [4.69, 9.17) is 23.4 Å². The van der Waals surface area contributed by atoms with Gasteiger partial charge in [0.1, 0.15) is 0 Å². The molecule has 0 rings (SSSR count). The normalized spacial score (nSPS) is 20.3. The van der Waals surface area contributed by atoms with E-state index in [1.807, 2.05) is 31.9 Å². The average molecular weight is 364 g/mol. The zero-order valence-electron chi connectivity index (χ0n) is 12.7. The van der Waals surface area contributed by atoms with Crippen LogP contribution in [0.25, 0.3) is 0 Å². The highest BCUT2D eigenvalue weighted by Gasteiger charge is 2.44. The van der Waals surface area contributed by atoms with Gasteiger partial charge in [0.15, 0.2) is 0 Å². The molecular weight excluding hydrogens is 340 g/mol. The highest BCUT2D eigenvalue weighted by Crippen LogP contribution is 2.25. The lowest BCUT2D eigenvalue weighted by Gasteiger charge is -2.37. The molecule has 0 saturated carbocycles. The minimum atomic E-state index is -2.65. The van der Waals surface area contributed by atoms with Crippen LogP contribution in [0.1, 0.15) is 0 Å². The maximum atomic E-state index is 6.33. The molecule has 0 fully saturated rings.